The van der Waals surface area contributed by atoms with Gasteiger partial charge in [-0.2, -0.15) is 0 Å². The van der Waals surface area contributed by atoms with Crippen LogP contribution in [0.15, 0.2) is 36.4 Å². The average molecular weight is 265 g/mol. The van der Waals surface area contributed by atoms with Gasteiger partial charge in [0.2, 0.25) is 0 Å². The van der Waals surface area contributed by atoms with Crippen LogP contribution in [-0.2, 0) is 5.41 Å². The predicted octanol–water partition coefficient (Wildman–Crippen LogP) is 3.87. The topological polar surface area (TPSA) is 20.3 Å². The standard InChI is InChI=1S/C18H19NO/c1-18(2)15-8-6-5-7-13(15)14-9-12(11-20)17(19(3)4)10-16(14)18/h5-11H,1-4H3. The number of benzene rings is 2. The summed E-state index contributed by atoms with van der Waals surface area (Å²) in [5, 5.41) is 0. The van der Waals surface area contributed by atoms with E-state index in [0.29, 0.717) is 0 Å². The van der Waals surface area contributed by atoms with Gasteiger partial charge in [0.25, 0.3) is 0 Å². The number of nitrogens with zero attached hydrogens (tertiary/aromatic N) is 1. The molecule has 0 heterocycles. The highest BCUT2D eigenvalue weighted by atomic mass is 16.1. The van der Waals surface area contributed by atoms with Gasteiger partial charge in [0.15, 0.2) is 6.29 Å². The SMILES string of the molecule is CN(C)c1cc2c(cc1C=O)-c1ccccc1C2(C)C. The van der Waals surface area contributed by atoms with Crippen molar-refractivity contribution in [3.8, 4) is 11.1 Å². The lowest BCUT2D eigenvalue weighted by Crippen LogP contribution is -2.17. The van der Waals surface area contributed by atoms with Crippen LogP contribution in [0.4, 0.5) is 5.69 Å². The maximum Gasteiger partial charge on any atom is 0.152 e. The van der Waals surface area contributed by atoms with Crippen molar-refractivity contribution in [3.05, 3.63) is 53.1 Å². The highest BCUT2D eigenvalue weighted by molar-refractivity contribution is 5.92. The summed E-state index contributed by atoms with van der Waals surface area (Å²) in [7, 11) is 3.95. The van der Waals surface area contributed by atoms with Crippen molar-refractivity contribution < 1.29 is 4.79 Å². The molecule has 0 bridgehead atoms. The maximum absolute atomic E-state index is 11.4. The fraction of sp³-hybridized carbons (Fsp3) is 0.278. The molecule has 2 heteroatoms. The molecule has 1 aliphatic carbocycles. The van der Waals surface area contributed by atoms with Gasteiger partial charge in [0.05, 0.1) is 0 Å². The van der Waals surface area contributed by atoms with E-state index in [-0.39, 0.29) is 5.41 Å². The van der Waals surface area contributed by atoms with Crippen LogP contribution < -0.4 is 4.90 Å². The second-order valence-corrected chi connectivity index (χ2v) is 6.14. The van der Waals surface area contributed by atoms with Gasteiger partial charge in [-0.1, -0.05) is 38.1 Å². The Balaban J connectivity index is 2.35. The van der Waals surface area contributed by atoms with E-state index in [1.165, 1.54) is 22.3 Å². The van der Waals surface area contributed by atoms with E-state index in [1.807, 2.05) is 25.1 Å². The molecule has 3 rings (SSSR count). The summed E-state index contributed by atoms with van der Waals surface area (Å²) >= 11 is 0. The van der Waals surface area contributed by atoms with Crippen molar-refractivity contribution in [2.75, 3.05) is 19.0 Å². The number of rotatable bonds is 2. The van der Waals surface area contributed by atoms with Crippen molar-refractivity contribution >= 4 is 12.0 Å². The average Bonchev–Trinajstić information content (AvgIpc) is 2.66. The number of aldehydes is 1. The molecule has 0 aromatic heterocycles. The lowest BCUT2D eigenvalue weighted by atomic mass is 9.82. The quantitative estimate of drug-likeness (QED) is 0.768. The third-order valence-corrected chi connectivity index (χ3v) is 4.34. The molecule has 1 aliphatic rings. The first-order chi connectivity index (χ1) is 9.46. The Morgan fingerprint density at radius 1 is 1.00 bits per heavy atom. The van der Waals surface area contributed by atoms with Crippen molar-refractivity contribution in [1.29, 1.82) is 0 Å². The molecule has 0 aliphatic heterocycles. The Bertz CT molecular complexity index is 699. The summed E-state index contributed by atoms with van der Waals surface area (Å²) in [5.74, 6) is 0. The van der Waals surface area contributed by atoms with Crippen LogP contribution in [0.1, 0.15) is 35.3 Å². The molecule has 0 radical (unpaired) electrons. The lowest BCUT2D eigenvalue weighted by Gasteiger charge is -2.24. The third kappa shape index (κ3) is 1.61. The summed E-state index contributed by atoms with van der Waals surface area (Å²) in [4.78, 5) is 13.4. The molecule has 0 N–H and O–H groups in total. The van der Waals surface area contributed by atoms with Crippen molar-refractivity contribution in [2.45, 2.75) is 19.3 Å². The summed E-state index contributed by atoms with van der Waals surface area (Å²) < 4.78 is 0. The van der Waals surface area contributed by atoms with Crippen LogP contribution in [0.25, 0.3) is 11.1 Å². The number of hydrogen-bond donors (Lipinski definition) is 0. The number of anilines is 1. The van der Waals surface area contributed by atoms with Crippen LogP contribution in [0, 0.1) is 0 Å². The molecular weight excluding hydrogens is 246 g/mol. The van der Waals surface area contributed by atoms with Crippen LogP contribution in [0.3, 0.4) is 0 Å². The molecule has 0 saturated carbocycles. The van der Waals surface area contributed by atoms with Gasteiger partial charge < -0.3 is 4.90 Å². The highest BCUT2D eigenvalue weighted by Gasteiger charge is 2.35. The van der Waals surface area contributed by atoms with Gasteiger partial charge in [-0.15, -0.1) is 0 Å². The van der Waals surface area contributed by atoms with Crippen LogP contribution in [0.2, 0.25) is 0 Å². The summed E-state index contributed by atoms with van der Waals surface area (Å²) in [5.41, 5.74) is 6.80. The zero-order valence-electron chi connectivity index (χ0n) is 12.4. The van der Waals surface area contributed by atoms with Gasteiger partial charge in [0, 0.05) is 30.8 Å². The van der Waals surface area contributed by atoms with E-state index in [0.717, 1.165) is 17.5 Å². The van der Waals surface area contributed by atoms with Crippen LogP contribution in [0.5, 0.6) is 0 Å². The molecule has 0 fully saturated rings. The number of carbonyl (C=O) groups is 1. The molecule has 20 heavy (non-hydrogen) atoms. The summed E-state index contributed by atoms with van der Waals surface area (Å²) in [6.45, 7) is 4.50. The smallest absolute Gasteiger partial charge is 0.152 e. The normalized spacial score (nSPS) is 14.6. The molecule has 0 spiro atoms. The first kappa shape index (κ1) is 12.9. The Morgan fingerprint density at radius 3 is 2.35 bits per heavy atom. The van der Waals surface area contributed by atoms with E-state index in [1.54, 1.807) is 0 Å². The minimum Gasteiger partial charge on any atom is -0.377 e. The molecule has 0 atom stereocenters. The predicted molar refractivity (Wildman–Crippen MR) is 83.7 cm³/mol. The number of hydrogen-bond acceptors (Lipinski definition) is 2. The zero-order valence-corrected chi connectivity index (χ0v) is 12.4. The van der Waals surface area contributed by atoms with Gasteiger partial charge in [-0.05, 0) is 34.4 Å². The van der Waals surface area contributed by atoms with Crippen molar-refractivity contribution in [1.82, 2.24) is 0 Å². The first-order valence-corrected chi connectivity index (χ1v) is 6.87. The Hall–Kier alpha value is -2.09. The molecule has 2 nitrogen and oxygen atoms in total. The summed E-state index contributed by atoms with van der Waals surface area (Å²) in [6.07, 6.45) is 0.948. The van der Waals surface area contributed by atoms with Gasteiger partial charge >= 0.3 is 0 Å². The van der Waals surface area contributed by atoms with Gasteiger partial charge in [-0.3, -0.25) is 4.79 Å². The molecule has 0 unspecified atom stereocenters. The van der Waals surface area contributed by atoms with Crippen molar-refractivity contribution in [3.63, 3.8) is 0 Å². The van der Waals surface area contributed by atoms with Crippen LogP contribution in [-0.4, -0.2) is 20.4 Å². The van der Waals surface area contributed by atoms with E-state index >= 15 is 0 Å². The highest BCUT2D eigenvalue weighted by Crippen LogP contribution is 2.49. The fourth-order valence-electron chi connectivity index (χ4n) is 3.23. The van der Waals surface area contributed by atoms with Crippen molar-refractivity contribution in [2.24, 2.45) is 0 Å². The van der Waals surface area contributed by atoms with Gasteiger partial charge in [0.1, 0.15) is 0 Å². The largest absolute Gasteiger partial charge is 0.377 e. The third-order valence-electron chi connectivity index (χ3n) is 4.34. The Kier molecular flexibility index (Phi) is 2.72. The number of carbonyl (C=O) groups excluding carboxylic acids is 1. The Morgan fingerprint density at radius 2 is 1.70 bits per heavy atom. The molecular formula is C18H19NO. The first-order valence-electron chi connectivity index (χ1n) is 6.87. The fourth-order valence-corrected chi connectivity index (χ4v) is 3.23. The van der Waals surface area contributed by atoms with Crippen LogP contribution >= 0.6 is 0 Å². The molecule has 2 aromatic carbocycles. The molecule has 0 amide bonds. The zero-order chi connectivity index (χ0) is 14.5. The minimum absolute atomic E-state index is 0.0158. The lowest BCUT2D eigenvalue weighted by molar-refractivity contribution is 0.112. The van der Waals surface area contributed by atoms with E-state index in [4.69, 9.17) is 0 Å². The monoisotopic (exact) mass is 265 g/mol. The second-order valence-electron chi connectivity index (χ2n) is 6.14. The minimum atomic E-state index is -0.0158. The molecule has 2 aromatic rings. The maximum atomic E-state index is 11.4. The summed E-state index contributed by atoms with van der Waals surface area (Å²) in [6, 6.07) is 12.7. The molecule has 0 saturated heterocycles. The second kappa shape index (κ2) is 4.20. The number of fused-ring (bicyclic) bond motifs is 3. The van der Waals surface area contributed by atoms with E-state index in [9.17, 15) is 4.79 Å². The Labute approximate surface area is 120 Å². The van der Waals surface area contributed by atoms with E-state index < -0.39 is 0 Å². The van der Waals surface area contributed by atoms with Gasteiger partial charge in [-0.25, -0.2) is 0 Å². The van der Waals surface area contributed by atoms with E-state index in [2.05, 4.69) is 44.2 Å². The molecule has 102 valence electrons.